The lowest BCUT2D eigenvalue weighted by Gasteiger charge is -2.26. The number of carbonyl (C=O) groups excluding carboxylic acids is 1. The zero-order valence-corrected chi connectivity index (χ0v) is 11.2. The van der Waals surface area contributed by atoms with Crippen molar-refractivity contribution in [2.45, 2.75) is 5.60 Å². The summed E-state index contributed by atoms with van der Waals surface area (Å²) in [6.45, 7) is -0.971. The maximum atomic E-state index is 13.8. The minimum atomic E-state index is -1.60. The maximum absolute atomic E-state index is 13.8. The van der Waals surface area contributed by atoms with Crippen LogP contribution in [0.5, 0.6) is 5.75 Å². The SMILES string of the molecule is COc1ccc(C2(CF)OC(=O)c3ccc(F)cc32)cc1. The molecule has 0 N–H and O–H groups in total. The molecule has 0 aromatic heterocycles. The molecule has 1 heterocycles. The minimum absolute atomic E-state index is 0.185. The molecular weight excluding hydrogens is 278 g/mol. The van der Waals surface area contributed by atoms with E-state index in [1.165, 1.54) is 13.2 Å². The topological polar surface area (TPSA) is 35.5 Å². The Hall–Kier alpha value is -2.43. The molecular formula is C16H12F2O3. The highest BCUT2D eigenvalue weighted by Gasteiger charge is 2.47. The van der Waals surface area contributed by atoms with Gasteiger partial charge in [0.2, 0.25) is 0 Å². The number of rotatable bonds is 3. The van der Waals surface area contributed by atoms with Gasteiger partial charge in [-0.3, -0.25) is 0 Å². The fourth-order valence-electron chi connectivity index (χ4n) is 2.55. The summed E-state index contributed by atoms with van der Waals surface area (Å²) in [5.74, 6) is -0.603. The van der Waals surface area contributed by atoms with Gasteiger partial charge in [0.15, 0.2) is 5.60 Å². The van der Waals surface area contributed by atoms with Gasteiger partial charge in [-0.05, 0) is 30.3 Å². The highest BCUT2D eigenvalue weighted by molar-refractivity contribution is 5.95. The van der Waals surface area contributed by atoms with Gasteiger partial charge < -0.3 is 9.47 Å². The maximum Gasteiger partial charge on any atom is 0.339 e. The second-order valence-corrected chi connectivity index (χ2v) is 4.77. The first-order valence-corrected chi connectivity index (χ1v) is 6.34. The lowest BCUT2D eigenvalue weighted by atomic mass is 9.86. The number of ether oxygens (including phenoxy) is 2. The summed E-state index contributed by atoms with van der Waals surface area (Å²) in [5, 5.41) is 0. The van der Waals surface area contributed by atoms with E-state index < -0.39 is 24.1 Å². The van der Waals surface area contributed by atoms with E-state index in [1.54, 1.807) is 24.3 Å². The van der Waals surface area contributed by atoms with E-state index in [0.29, 0.717) is 11.3 Å². The number of halogens is 2. The van der Waals surface area contributed by atoms with E-state index in [4.69, 9.17) is 9.47 Å². The third-order valence-electron chi connectivity index (χ3n) is 3.65. The molecule has 0 spiro atoms. The Kier molecular flexibility index (Phi) is 3.12. The first-order valence-electron chi connectivity index (χ1n) is 6.34. The Labute approximate surface area is 120 Å². The van der Waals surface area contributed by atoms with Gasteiger partial charge in [-0.1, -0.05) is 12.1 Å². The molecule has 0 amide bonds. The Morgan fingerprint density at radius 2 is 1.90 bits per heavy atom. The van der Waals surface area contributed by atoms with Gasteiger partial charge in [0.1, 0.15) is 18.2 Å². The summed E-state index contributed by atoms with van der Waals surface area (Å²) in [4.78, 5) is 11.9. The third-order valence-corrected chi connectivity index (χ3v) is 3.65. The molecule has 0 bridgehead atoms. The quantitative estimate of drug-likeness (QED) is 0.814. The molecule has 3 rings (SSSR count). The van der Waals surface area contributed by atoms with Crippen LogP contribution < -0.4 is 4.74 Å². The van der Waals surface area contributed by atoms with E-state index in [2.05, 4.69) is 0 Å². The largest absolute Gasteiger partial charge is 0.497 e. The predicted molar refractivity (Wildman–Crippen MR) is 71.6 cm³/mol. The second-order valence-electron chi connectivity index (χ2n) is 4.77. The molecule has 0 saturated heterocycles. The summed E-state index contributed by atoms with van der Waals surface area (Å²) in [6.07, 6.45) is 0. The van der Waals surface area contributed by atoms with Gasteiger partial charge in [-0.2, -0.15) is 0 Å². The molecule has 0 fully saturated rings. The van der Waals surface area contributed by atoms with Crippen molar-refractivity contribution in [3.63, 3.8) is 0 Å². The third kappa shape index (κ3) is 1.96. The summed E-state index contributed by atoms with van der Waals surface area (Å²) in [6, 6.07) is 10.1. The van der Waals surface area contributed by atoms with Crippen LogP contribution in [0.25, 0.3) is 0 Å². The number of hydrogen-bond donors (Lipinski definition) is 0. The summed E-state index contributed by atoms with van der Waals surface area (Å²) in [7, 11) is 1.51. The molecule has 5 heteroatoms. The monoisotopic (exact) mass is 290 g/mol. The molecule has 0 aliphatic carbocycles. The van der Waals surface area contributed by atoms with Crippen molar-refractivity contribution in [1.29, 1.82) is 0 Å². The van der Waals surface area contributed by atoms with E-state index in [0.717, 1.165) is 12.1 Å². The van der Waals surface area contributed by atoms with Crippen molar-refractivity contribution in [2.24, 2.45) is 0 Å². The highest BCUT2D eigenvalue weighted by Crippen LogP contribution is 2.43. The molecule has 1 unspecified atom stereocenters. The Bertz CT molecular complexity index is 697. The van der Waals surface area contributed by atoms with Gasteiger partial charge >= 0.3 is 5.97 Å². The highest BCUT2D eigenvalue weighted by atomic mass is 19.1. The Balaban J connectivity index is 2.18. The lowest BCUT2D eigenvalue weighted by Crippen LogP contribution is -2.30. The van der Waals surface area contributed by atoms with Gasteiger partial charge in [0.05, 0.1) is 12.7 Å². The Morgan fingerprint density at radius 3 is 2.52 bits per heavy atom. The van der Waals surface area contributed by atoms with Crippen LogP contribution in [0.2, 0.25) is 0 Å². The van der Waals surface area contributed by atoms with E-state index in [1.807, 2.05) is 0 Å². The van der Waals surface area contributed by atoms with Crippen LogP contribution in [0, 0.1) is 5.82 Å². The number of fused-ring (bicyclic) bond motifs is 1. The standard InChI is InChI=1S/C16H12F2O3/c1-20-12-5-2-10(3-6-12)16(9-17)14-8-11(18)4-7-13(14)15(19)21-16/h2-8H,9H2,1H3. The number of cyclic esters (lactones) is 1. The second kappa shape index (κ2) is 4.84. The van der Waals surface area contributed by atoms with Crippen molar-refractivity contribution >= 4 is 5.97 Å². The smallest absolute Gasteiger partial charge is 0.339 e. The number of alkyl halides is 1. The minimum Gasteiger partial charge on any atom is -0.497 e. The summed E-state index contributed by atoms with van der Waals surface area (Å²) in [5.41, 5.74) is -0.769. The van der Waals surface area contributed by atoms with Crippen LogP contribution in [0.4, 0.5) is 8.78 Å². The molecule has 3 nitrogen and oxygen atoms in total. The van der Waals surface area contributed by atoms with E-state index >= 15 is 0 Å². The van der Waals surface area contributed by atoms with Crippen LogP contribution in [0.1, 0.15) is 21.5 Å². The van der Waals surface area contributed by atoms with Gasteiger partial charge in [-0.25, -0.2) is 13.6 Å². The molecule has 1 atom stereocenters. The molecule has 1 aliphatic heterocycles. The molecule has 2 aromatic rings. The first kappa shape index (κ1) is 13.5. The summed E-state index contributed by atoms with van der Waals surface area (Å²) >= 11 is 0. The van der Waals surface area contributed by atoms with Crippen LogP contribution in [0.3, 0.4) is 0 Å². The number of hydrogen-bond acceptors (Lipinski definition) is 3. The van der Waals surface area contributed by atoms with E-state index in [9.17, 15) is 13.6 Å². The average molecular weight is 290 g/mol. The van der Waals surface area contributed by atoms with Crippen molar-refractivity contribution in [1.82, 2.24) is 0 Å². The first-order chi connectivity index (χ1) is 10.1. The molecule has 2 aromatic carbocycles. The summed E-state index contributed by atoms with van der Waals surface area (Å²) < 4.78 is 37.6. The molecule has 1 aliphatic rings. The lowest BCUT2D eigenvalue weighted by molar-refractivity contribution is 0.000309. The van der Waals surface area contributed by atoms with Crippen LogP contribution >= 0.6 is 0 Å². The fraction of sp³-hybridized carbons (Fsp3) is 0.188. The van der Waals surface area contributed by atoms with Crippen LogP contribution in [0.15, 0.2) is 42.5 Å². The van der Waals surface area contributed by atoms with Crippen molar-refractivity contribution in [3.8, 4) is 5.75 Å². The number of esters is 1. The van der Waals surface area contributed by atoms with Crippen LogP contribution in [-0.2, 0) is 10.3 Å². The zero-order chi connectivity index (χ0) is 15.0. The molecule has 108 valence electrons. The molecule has 0 saturated carbocycles. The van der Waals surface area contributed by atoms with Gasteiger partial charge in [-0.15, -0.1) is 0 Å². The number of methoxy groups -OCH3 is 1. The molecule has 21 heavy (non-hydrogen) atoms. The van der Waals surface area contributed by atoms with Crippen molar-refractivity contribution in [3.05, 3.63) is 65.0 Å². The van der Waals surface area contributed by atoms with Crippen LogP contribution in [-0.4, -0.2) is 19.8 Å². The predicted octanol–water partition coefficient (Wildman–Crippen LogP) is 3.22. The van der Waals surface area contributed by atoms with Crippen molar-refractivity contribution in [2.75, 3.05) is 13.8 Å². The number of benzene rings is 2. The fourth-order valence-corrected chi connectivity index (χ4v) is 2.55. The molecule has 0 radical (unpaired) electrons. The van der Waals surface area contributed by atoms with Crippen molar-refractivity contribution < 1.29 is 23.0 Å². The normalized spacial score (nSPS) is 20.0. The Morgan fingerprint density at radius 1 is 1.19 bits per heavy atom. The average Bonchev–Trinajstić information content (AvgIpc) is 2.80. The van der Waals surface area contributed by atoms with Gasteiger partial charge in [0, 0.05) is 11.1 Å². The van der Waals surface area contributed by atoms with E-state index in [-0.39, 0.29) is 11.1 Å². The number of carbonyl (C=O) groups is 1. The zero-order valence-electron chi connectivity index (χ0n) is 11.2. The van der Waals surface area contributed by atoms with Gasteiger partial charge in [0.25, 0.3) is 0 Å².